The van der Waals surface area contributed by atoms with E-state index in [1.807, 2.05) is 0 Å². The van der Waals surface area contributed by atoms with Gasteiger partial charge in [0.05, 0.1) is 6.20 Å². The van der Waals surface area contributed by atoms with Crippen LogP contribution in [0, 0.1) is 0 Å². The lowest BCUT2D eigenvalue weighted by Crippen LogP contribution is -2.19. The molecule has 14 heavy (non-hydrogen) atoms. The molecule has 1 aliphatic carbocycles. The zero-order valence-corrected chi connectivity index (χ0v) is 8.54. The molecule has 0 aliphatic heterocycles. The molecule has 1 aromatic rings. The van der Waals surface area contributed by atoms with Crippen LogP contribution in [-0.4, -0.2) is 16.0 Å². The normalized spacial score (nSPS) is 20.8. The Labute approximate surface area is 88.2 Å². The van der Waals surface area contributed by atoms with Gasteiger partial charge in [-0.25, -0.2) is 9.97 Å². The van der Waals surface area contributed by atoms with Gasteiger partial charge >= 0.3 is 0 Å². The van der Waals surface area contributed by atoms with Crippen LogP contribution >= 0.6 is 11.6 Å². The Morgan fingerprint density at radius 2 is 2.43 bits per heavy atom. The second kappa shape index (κ2) is 4.42. The van der Waals surface area contributed by atoms with Crippen LogP contribution in [0.15, 0.2) is 24.7 Å². The van der Waals surface area contributed by atoms with Crippen LogP contribution < -0.4 is 5.32 Å². The van der Waals surface area contributed by atoms with E-state index < -0.39 is 0 Å². The van der Waals surface area contributed by atoms with Crippen molar-refractivity contribution in [2.24, 2.45) is 0 Å². The molecule has 1 heterocycles. The molecule has 4 heteroatoms. The molecule has 0 bridgehead atoms. The van der Waals surface area contributed by atoms with Crippen LogP contribution in [0.5, 0.6) is 0 Å². The summed E-state index contributed by atoms with van der Waals surface area (Å²) in [5.41, 5.74) is 0. The van der Waals surface area contributed by atoms with Gasteiger partial charge in [-0.2, -0.15) is 0 Å². The predicted molar refractivity (Wildman–Crippen MR) is 57.4 cm³/mol. The highest BCUT2D eigenvalue weighted by Gasteiger charge is 2.10. The molecular formula is C10H12ClN3. The van der Waals surface area contributed by atoms with Crippen LogP contribution in [0.25, 0.3) is 0 Å². The topological polar surface area (TPSA) is 37.8 Å². The van der Waals surface area contributed by atoms with Crippen molar-refractivity contribution in [2.75, 3.05) is 5.32 Å². The van der Waals surface area contributed by atoms with Crippen molar-refractivity contribution in [2.45, 2.75) is 25.3 Å². The summed E-state index contributed by atoms with van der Waals surface area (Å²) in [5, 5.41) is 3.85. The summed E-state index contributed by atoms with van der Waals surface area (Å²) in [6, 6.07) is 0.358. The number of hydrogen-bond acceptors (Lipinski definition) is 3. The van der Waals surface area contributed by atoms with Crippen LogP contribution in [0.3, 0.4) is 0 Å². The lowest BCUT2D eigenvalue weighted by atomic mass is 10.0. The Morgan fingerprint density at radius 3 is 3.14 bits per heavy atom. The van der Waals surface area contributed by atoms with Crippen molar-refractivity contribution >= 4 is 17.4 Å². The highest BCUT2D eigenvalue weighted by atomic mass is 35.5. The Balaban J connectivity index is 2.06. The van der Waals surface area contributed by atoms with E-state index >= 15 is 0 Å². The van der Waals surface area contributed by atoms with Crippen molar-refractivity contribution in [3.05, 3.63) is 29.7 Å². The Bertz CT molecular complexity index is 338. The first-order chi connectivity index (χ1) is 6.86. The highest BCUT2D eigenvalue weighted by Crippen LogP contribution is 2.20. The molecular weight excluding hydrogens is 198 g/mol. The smallest absolute Gasteiger partial charge is 0.148 e. The SMILES string of the molecule is Clc1cncnc1NC1C=CCCC1. The van der Waals surface area contributed by atoms with Gasteiger partial charge < -0.3 is 5.32 Å². The monoisotopic (exact) mass is 209 g/mol. The molecule has 74 valence electrons. The third-order valence-electron chi connectivity index (χ3n) is 2.24. The number of nitrogens with zero attached hydrogens (tertiary/aromatic N) is 2. The number of rotatable bonds is 2. The van der Waals surface area contributed by atoms with Gasteiger partial charge in [-0.05, 0) is 19.3 Å². The molecule has 0 radical (unpaired) electrons. The van der Waals surface area contributed by atoms with Crippen LogP contribution in [-0.2, 0) is 0 Å². The second-order valence-corrected chi connectivity index (χ2v) is 3.74. The van der Waals surface area contributed by atoms with E-state index in [9.17, 15) is 0 Å². The van der Waals surface area contributed by atoms with Gasteiger partial charge in [0.1, 0.15) is 17.2 Å². The van der Waals surface area contributed by atoms with Crippen LogP contribution in [0.1, 0.15) is 19.3 Å². The summed E-state index contributed by atoms with van der Waals surface area (Å²) >= 11 is 5.93. The highest BCUT2D eigenvalue weighted by molar-refractivity contribution is 6.32. The van der Waals surface area contributed by atoms with Crippen molar-refractivity contribution in [1.82, 2.24) is 9.97 Å². The van der Waals surface area contributed by atoms with Gasteiger partial charge in [-0.15, -0.1) is 0 Å². The third-order valence-corrected chi connectivity index (χ3v) is 2.52. The Kier molecular flexibility index (Phi) is 2.99. The molecule has 1 aromatic heterocycles. The number of nitrogens with one attached hydrogen (secondary N) is 1. The summed E-state index contributed by atoms with van der Waals surface area (Å²) < 4.78 is 0. The van der Waals surface area contributed by atoms with E-state index in [-0.39, 0.29) is 0 Å². The second-order valence-electron chi connectivity index (χ2n) is 3.33. The van der Waals surface area contributed by atoms with E-state index in [2.05, 4.69) is 27.4 Å². The summed E-state index contributed by atoms with van der Waals surface area (Å²) in [6.07, 6.45) is 11.0. The van der Waals surface area contributed by atoms with E-state index in [1.54, 1.807) is 6.20 Å². The average molecular weight is 210 g/mol. The first-order valence-electron chi connectivity index (χ1n) is 4.75. The van der Waals surface area contributed by atoms with Crippen LogP contribution in [0.2, 0.25) is 5.02 Å². The van der Waals surface area contributed by atoms with Crippen molar-refractivity contribution in [3.63, 3.8) is 0 Å². The fourth-order valence-corrected chi connectivity index (χ4v) is 1.69. The number of halogens is 1. The van der Waals surface area contributed by atoms with Gasteiger partial charge in [0, 0.05) is 6.04 Å². The molecule has 1 aliphatic rings. The molecule has 0 fully saturated rings. The maximum absolute atomic E-state index is 5.93. The first kappa shape index (κ1) is 9.46. The summed E-state index contributed by atoms with van der Waals surface area (Å²) in [4.78, 5) is 7.92. The summed E-state index contributed by atoms with van der Waals surface area (Å²) in [6.45, 7) is 0. The van der Waals surface area contributed by atoms with Gasteiger partial charge in [0.25, 0.3) is 0 Å². The summed E-state index contributed by atoms with van der Waals surface area (Å²) in [7, 11) is 0. The van der Waals surface area contributed by atoms with E-state index in [0.717, 1.165) is 12.2 Å². The molecule has 1 atom stereocenters. The molecule has 0 saturated heterocycles. The molecule has 3 nitrogen and oxygen atoms in total. The zero-order chi connectivity index (χ0) is 9.80. The predicted octanol–water partition coefficient (Wildman–Crippen LogP) is 2.65. The minimum Gasteiger partial charge on any atom is -0.363 e. The van der Waals surface area contributed by atoms with E-state index in [1.165, 1.54) is 19.2 Å². The Hall–Kier alpha value is -1.09. The standard InChI is InChI=1S/C10H12ClN3/c11-9-6-12-7-13-10(9)14-8-4-2-1-3-5-8/h2,4,6-8H,1,3,5H2,(H,12,13,14). The molecule has 1 unspecified atom stereocenters. The minimum atomic E-state index is 0.358. The molecule has 0 spiro atoms. The van der Waals surface area contributed by atoms with Crippen molar-refractivity contribution < 1.29 is 0 Å². The molecule has 1 N–H and O–H groups in total. The molecule has 2 rings (SSSR count). The van der Waals surface area contributed by atoms with E-state index in [4.69, 9.17) is 11.6 Å². The fraction of sp³-hybridized carbons (Fsp3) is 0.400. The quantitative estimate of drug-likeness (QED) is 0.761. The lowest BCUT2D eigenvalue weighted by Gasteiger charge is -2.18. The van der Waals surface area contributed by atoms with Gasteiger partial charge in [-0.3, -0.25) is 0 Å². The number of allylic oxidation sites excluding steroid dienone is 1. The fourth-order valence-electron chi connectivity index (χ4n) is 1.53. The van der Waals surface area contributed by atoms with Crippen LogP contribution in [0.4, 0.5) is 5.82 Å². The number of hydrogen-bond donors (Lipinski definition) is 1. The molecule has 0 aromatic carbocycles. The van der Waals surface area contributed by atoms with Gasteiger partial charge in [-0.1, -0.05) is 23.8 Å². The molecule has 0 amide bonds. The largest absolute Gasteiger partial charge is 0.363 e. The van der Waals surface area contributed by atoms with Crippen molar-refractivity contribution in [3.8, 4) is 0 Å². The lowest BCUT2D eigenvalue weighted by molar-refractivity contribution is 0.671. The summed E-state index contributed by atoms with van der Waals surface area (Å²) in [5.74, 6) is 0.721. The third kappa shape index (κ3) is 2.23. The van der Waals surface area contributed by atoms with Crippen molar-refractivity contribution in [1.29, 1.82) is 0 Å². The first-order valence-corrected chi connectivity index (χ1v) is 5.13. The average Bonchev–Trinajstić information content (AvgIpc) is 2.23. The maximum atomic E-state index is 5.93. The minimum absolute atomic E-state index is 0.358. The number of anilines is 1. The van der Waals surface area contributed by atoms with E-state index in [0.29, 0.717) is 11.1 Å². The van der Waals surface area contributed by atoms with Gasteiger partial charge in [0.2, 0.25) is 0 Å². The zero-order valence-electron chi connectivity index (χ0n) is 7.78. The molecule has 0 saturated carbocycles. The Morgan fingerprint density at radius 1 is 1.50 bits per heavy atom. The van der Waals surface area contributed by atoms with Gasteiger partial charge in [0.15, 0.2) is 0 Å². The number of aromatic nitrogens is 2. The maximum Gasteiger partial charge on any atom is 0.148 e.